The van der Waals surface area contributed by atoms with E-state index in [0.29, 0.717) is 16.5 Å². The number of aryl methyl sites for hydroxylation is 1. The first-order chi connectivity index (χ1) is 15.8. The van der Waals surface area contributed by atoms with Gasteiger partial charge in [0.1, 0.15) is 11.6 Å². The smallest absolute Gasteiger partial charge is 0.191 e. The summed E-state index contributed by atoms with van der Waals surface area (Å²) in [6.45, 7) is 1.90. The Morgan fingerprint density at radius 2 is 1.52 bits per heavy atom. The lowest BCUT2D eigenvalue weighted by Gasteiger charge is -2.06. The fraction of sp³-hybridized carbons (Fsp3) is 0.160. The molecule has 1 heterocycles. The van der Waals surface area contributed by atoms with E-state index in [-0.39, 0.29) is 22.2 Å². The minimum Gasteiger partial charge on any atom is -0.308 e. The molecule has 0 unspecified atom stereocenters. The van der Waals surface area contributed by atoms with Gasteiger partial charge in [0.15, 0.2) is 20.8 Å². The van der Waals surface area contributed by atoms with Crippen molar-refractivity contribution < 1.29 is 13.2 Å². The number of sulfone groups is 1. The lowest BCUT2D eigenvalue weighted by molar-refractivity contribution is 0.102. The summed E-state index contributed by atoms with van der Waals surface area (Å²) >= 11 is 1.24. The number of rotatable bonds is 8. The van der Waals surface area contributed by atoms with E-state index in [0.717, 1.165) is 16.7 Å². The number of ketones is 1. The molecule has 8 heteroatoms. The van der Waals surface area contributed by atoms with Crippen LogP contribution in [0.25, 0.3) is 11.1 Å². The van der Waals surface area contributed by atoms with Crippen molar-refractivity contribution >= 4 is 27.4 Å². The summed E-state index contributed by atoms with van der Waals surface area (Å²) in [7, 11) is -1.83. The number of carbonyl (C=O) groups is 1. The first-order valence-corrected chi connectivity index (χ1v) is 13.0. The predicted octanol–water partition coefficient (Wildman–Crippen LogP) is 4.74. The van der Waals surface area contributed by atoms with Gasteiger partial charge < -0.3 is 4.57 Å². The molecule has 4 aromatic rings. The highest BCUT2D eigenvalue weighted by atomic mass is 32.2. The predicted molar refractivity (Wildman–Crippen MR) is 130 cm³/mol. The molecule has 3 aromatic carbocycles. The van der Waals surface area contributed by atoms with Gasteiger partial charge in [-0.15, -0.1) is 10.2 Å². The van der Waals surface area contributed by atoms with Crippen LogP contribution in [0.4, 0.5) is 0 Å². The van der Waals surface area contributed by atoms with Crippen molar-refractivity contribution in [2.75, 3.05) is 5.75 Å². The molecule has 0 spiro atoms. The van der Waals surface area contributed by atoms with Crippen LogP contribution in [0.2, 0.25) is 0 Å². The van der Waals surface area contributed by atoms with Gasteiger partial charge in [-0.2, -0.15) is 0 Å². The lowest BCUT2D eigenvalue weighted by Crippen LogP contribution is -2.10. The van der Waals surface area contributed by atoms with Gasteiger partial charge in [0.05, 0.1) is 10.6 Å². The largest absolute Gasteiger partial charge is 0.308 e. The van der Waals surface area contributed by atoms with Crippen LogP contribution in [0.1, 0.15) is 21.7 Å². The molecule has 0 N–H and O–H groups in total. The van der Waals surface area contributed by atoms with E-state index in [2.05, 4.69) is 10.2 Å². The zero-order valence-electron chi connectivity index (χ0n) is 18.3. The van der Waals surface area contributed by atoms with E-state index in [4.69, 9.17) is 0 Å². The molecule has 0 amide bonds. The SMILES string of the molecule is Cc1ccc(S(=O)(=O)Cc2nnc(SCC(=O)c3ccc(-c4ccccc4)cc3)n2C)cc1. The Kier molecular flexibility index (Phi) is 6.76. The van der Waals surface area contributed by atoms with Gasteiger partial charge in [0.2, 0.25) is 0 Å². The molecule has 33 heavy (non-hydrogen) atoms. The highest BCUT2D eigenvalue weighted by molar-refractivity contribution is 7.99. The highest BCUT2D eigenvalue weighted by Gasteiger charge is 2.20. The zero-order valence-corrected chi connectivity index (χ0v) is 19.9. The fourth-order valence-corrected chi connectivity index (χ4v) is 5.42. The molecular formula is C25H23N3O3S2. The van der Waals surface area contributed by atoms with Crippen LogP contribution >= 0.6 is 11.8 Å². The topological polar surface area (TPSA) is 81.9 Å². The third-order valence-corrected chi connectivity index (χ3v) is 7.92. The average molecular weight is 478 g/mol. The summed E-state index contributed by atoms with van der Waals surface area (Å²) in [6, 6.07) is 24.2. The monoisotopic (exact) mass is 477 g/mol. The van der Waals surface area contributed by atoms with Gasteiger partial charge in [0, 0.05) is 12.6 Å². The van der Waals surface area contributed by atoms with E-state index in [9.17, 15) is 13.2 Å². The van der Waals surface area contributed by atoms with Crippen LogP contribution in [0.5, 0.6) is 0 Å². The molecule has 0 saturated carbocycles. The van der Waals surface area contributed by atoms with Crippen molar-refractivity contribution in [2.45, 2.75) is 22.7 Å². The van der Waals surface area contributed by atoms with Crippen molar-refractivity contribution in [3.05, 3.63) is 95.8 Å². The number of hydrogen-bond acceptors (Lipinski definition) is 6. The molecule has 6 nitrogen and oxygen atoms in total. The van der Waals surface area contributed by atoms with Crippen LogP contribution in [-0.2, 0) is 22.6 Å². The minimum absolute atomic E-state index is 0.0311. The molecule has 0 atom stereocenters. The standard InChI is InChI=1S/C25H23N3O3S2/c1-18-8-14-22(15-9-18)33(30,31)17-24-26-27-25(28(24)2)32-16-23(29)21-12-10-20(11-13-21)19-6-4-3-5-7-19/h3-15H,16-17H2,1-2H3. The van der Waals surface area contributed by atoms with E-state index in [1.165, 1.54) is 11.8 Å². The van der Waals surface area contributed by atoms with Crippen molar-refractivity contribution in [2.24, 2.45) is 7.05 Å². The van der Waals surface area contributed by atoms with Gasteiger partial charge in [-0.3, -0.25) is 4.79 Å². The summed E-state index contributed by atoms with van der Waals surface area (Å²) in [4.78, 5) is 12.9. The summed E-state index contributed by atoms with van der Waals surface area (Å²) in [5, 5.41) is 8.63. The lowest BCUT2D eigenvalue weighted by atomic mass is 10.0. The number of hydrogen-bond donors (Lipinski definition) is 0. The fourth-order valence-electron chi connectivity index (χ4n) is 3.29. The first kappa shape index (κ1) is 22.9. The van der Waals surface area contributed by atoms with Crippen molar-refractivity contribution in [3.63, 3.8) is 0 Å². The molecule has 0 fully saturated rings. The zero-order chi connectivity index (χ0) is 23.4. The second kappa shape index (κ2) is 9.72. The Morgan fingerprint density at radius 1 is 0.879 bits per heavy atom. The molecule has 1 aromatic heterocycles. The van der Waals surface area contributed by atoms with Crippen molar-refractivity contribution in [3.8, 4) is 11.1 Å². The summed E-state index contributed by atoms with van der Waals surface area (Å²) < 4.78 is 27.1. The van der Waals surface area contributed by atoms with Gasteiger partial charge in [0.25, 0.3) is 0 Å². The van der Waals surface area contributed by atoms with Gasteiger partial charge in [-0.25, -0.2) is 8.42 Å². The van der Waals surface area contributed by atoms with E-state index < -0.39 is 9.84 Å². The average Bonchev–Trinajstić information content (AvgIpc) is 3.17. The maximum atomic E-state index is 12.7. The Balaban J connectivity index is 1.40. The van der Waals surface area contributed by atoms with Crippen molar-refractivity contribution in [1.82, 2.24) is 14.8 Å². The minimum atomic E-state index is -3.54. The van der Waals surface area contributed by atoms with Crippen LogP contribution in [-0.4, -0.2) is 34.7 Å². The highest BCUT2D eigenvalue weighted by Crippen LogP contribution is 2.23. The number of Topliss-reactive ketones (excluding diaryl/α,β-unsaturated/α-hetero) is 1. The Bertz CT molecular complexity index is 1360. The number of nitrogens with zero attached hydrogens (tertiary/aromatic N) is 3. The number of thioether (sulfide) groups is 1. The third-order valence-electron chi connectivity index (χ3n) is 5.27. The molecule has 0 radical (unpaired) electrons. The van der Waals surface area contributed by atoms with Crippen LogP contribution in [0.15, 0.2) is 88.9 Å². The molecule has 4 rings (SSSR count). The molecule has 0 saturated heterocycles. The molecule has 0 aliphatic rings. The van der Waals surface area contributed by atoms with E-state index >= 15 is 0 Å². The van der Waals surface area contributed by atoms with Gasteiger partial charge in [-0.05, 0) is 30.2 Å². The second-order valence-electron chi connectivity index (χ2n) is 7.69. The quantitative estimate of drug-likeness (QED) is 0.269. The summed E-state index contributed by atoms with van der Waals surface area (Å²) in [5.41, 5.74) is 3.75. The maximum absolute atomic E-state index is 12.7. The Hall–Kier alpha value is -3.23. The van der Waals surface area contributed by atoms with Crippen LogP contribution in [0, 0.1) is 6.92 Å². The molecule has 0 aliphatic carbocycles. The number of carbonyl (C=O) groups excluding carboxylic acids is 1. The maximum Gasteiger partial charge on any atom is 0.191 e. The first-order valence-electron chi connectivity index (χ1n) is 10.3. The molecular weight excluding hydrogens is 454 g/mol. The number of aromatic nitrogens is 3. The normalized spacial score (nSPS) is 11.5. The third kappa shape index (κ3) is 5.40. The van der Waals surface area contributed by atoms with Crippen LogP contribution < -0.4 is 0 Å². The molecule has 168 valence electrons. The van der Waals surface area contributed by atoms with E-state index in [1.807, 2.05) is 61.5 Å². The van der Waals surface area contributed by atoms with E-state index in [1.54, 1.807) is 35.9 Å². The number of benzene rings is 3. The molecule has 0 aliphatic heterocycles. The second-order valence-corrected chi connectivity index (χ2v) is 10.6. The van der Waals surface area contributed by atoms with Crippen molar-refractivity contribution in [1.29, 1.82) is 0 Å². The van der Waals surface area contributed by atoms with Gasteiger partial charge >= 0.3 is 0 Å². The van der Waals surface area contributed by atoms with Gasteiger partial charge in [-0.1, -0.05) is 84.1 Å². The summed E-state index contributed by atoms with van der Waals surface area (Å²) in [6.07, 6.45) is 0. The Labute approximate surface area is 197 Å². The Morgan fingerprint density at radius 3 is 2.18 bits per heavy atom. The van der Waals surface area contributed by atoms with Crippen LogP contribution in [0.3, 0.4) is 0 Å². The summed E-state index contributed by atoms with van der Waals surface area (Å²) in [5.74, 6) is 0.227. The molecule has 0 bridgehead atoms.